The minimum Gasteiger partial charge on any atom is -0.518 e. The molecule has 186 valence electrons. The van der Waals surface area contributed by atoms with E-state index in [1.807, 2.05) is 6.33 Å². The molecule has 0 amide bonds. The van der Waals surface area contributed by atoms with Crippen LogP contribution >= 0.6 is 0 Å². The zero-order chi connectivity index (χ0) is 25.6. The Bertz CT molecular complexity index is 795. The van der Waals surface area contributed by atoms with E-state index in [4.69, 9.17) is 9.41 Å². The van der Waals surface area contributed by atoms with Crippen LogP contribution in [0.4, 0.5) is 0 Å². The molecule has 0 saturated carbocycles. The Kier molecular flexibility index (Phi) is 8.39. The summed E-state index contributed by atoms with van der Waals surface area (Å²) in [7, 11) is -5.88. The Morgan fingerprint density at radius 3 is 1.84 bits per heavy atom. The molecule has 8 heteroatoms. The van der Waals surface area contributed by atoms with Gasteiger partial charge in [-0.3, -0.25) is 4.79 Å². The lowest BCUT2D eigenvalue weighted by molar-refractivity contribution is -0.137. The number of rotatable bonds is 7. The molecule has 0 spiro atoms. The fourth-order valence-corrected chi connectivity index (χ4v) is 6.76. The SMILES string of the molecule is CC(C)(C)[Si](C)(C)N[C@@H](Cc1cn([Si](C)(C)C(C)(C)C)cn1)C(=O)O[Si](C)(C)C(C)(C)C. The average Bonchev–Trinajstić information content (AvgIpc) is 2.99. The number of hydrogen-bond donors (Lipinski definition) is 1. The Labute approximate surface area is 201 Å². The summed E-state index contributed by atoms with van der Waals surface area (Å²) in [6.07, 6.45) is 4.69. The van der Waals surface area contributed by atoms with E-state index in [1.54, 1.807) is 0 Å². The van der Waals surface area contributed by atoms with Gasteiger partial charge in [-0.2, -0.15) is 0 Å². The molecule has 32 heavy (non-hydrogen) atoms. The number of carbonyl (C=O) groups is 1. The molecule has 0 aromatic carbocycles. The average molecular weight is 498 g/mol. The highest BCUT2D eigenvalue weighted by atomic mass is 28.4. The highest BCUT2D eigenvalue weighted by Crippen LogP contribution is 2.39. The van der Waals surface area contributed by atoms with Crippen molar-refractivity contribution >= 4 is 30.8 Å². The van der Waals surface area contributed by atoms with Crippen LogP contribution in [-0.2, 0) is 15.6 Å². The molecule has 0 aliphatic carbocycles. The van der Waals surface area contributed by atoms with Crippen molar-refractivity contribution in [3.8, 4) is 0 Å². The molecular formula is C24H51N3O2Si3. The minimum atomic E-state index is -2.21. The third-order valence-electron chi connectivity index (χ3n) is 8.39. The largest absolute Gasteiger partial charge is 0.518 e. The molecule has 5 nitrogen and oxygen atoms in total. The summed E-state index contributed by atoms with van der Waals surface area (Å²) in [6, 6.07) is -0.382. The first-order valence-corrected chi connectivity index (χ1v) is 20.8. The number of hydrogen-bond acceptors (Lipinski definition) is 4. The van der Waals surface area contributed by atoms with E-state index >= 15 is 0 Å². The van der Waals surface area contributed by atoms with Crippen molar-refractivity contribution in [2.75, 3.05) is 0 Å². The normalized spacial score (nSPS) is 15.6. The molecule has 0 bridgehead atoms. The summed E-state index contributed by atoms with van der Waals surface area (Å²) in [5, 5.41) is 0.308. The van der Waals surface area contributed by atoms with Gasteiger partial charge < -0.3 is 13.6 Å². The molecule has 1 N–H and O–H groups in total. The van der Waals surface area contributed by atoms with Gasteiger partial charge in [-0.05, 0) is 28.2 Å². The Morgan fingerprint density at radius 1 is 0.938 bits per heavy atom. The predicted octanol–water partition coefficient (Wildman–Crippen LogP) is 6.79. The molecule has 1 aromatic heterocycles. The van der Waals surface area contributed by atoms with E-state index in [0.717, 1.165) is 5.69 Å². The lowest BCUT2D eigenvalue weighted by Crippen LogP contribution is -2.60. The summed E-state index contributed by atoms with van der Waals surface area (Å²) in [5.41, 5.74) is 0.957. The van der Waals surface area contributed by atoms with Gasteiger partial charge in [-0.25, -0.2) is 4.98 Å². The van der Waals surface area contributed by atoms with Crippen LogP contribution in [0.5, 0.6) is 0 Å². The fraction of sp³-hybridized carbons (Fsp3) is 0.833. The summed E-state index contributed by atoms with van der Waals surface area (Å²) in [6.45, 7) is 33.8. The Balaban J connectivity index is 3.28. The summed E-state index contributed by atoms with van der Waals surface area (Å²) >= 11 is 0. The van der Waals surface area contributed by atoms with Crippen LogP contribution in [0.2, 0.25) is 54.4 Å². The van der Waals surface area contributed by atoms with Crippen LogP contribution in [0, 0.1) is 0 Å². The van der Waals surface area contributed by atoms with Crippen molar-refractivity contribution < 1.29 is 9.22 Å². The van der Waals surface area contributed by atoms with E-state index in [2.05, 4.69) is 117 Å². The Hall–Kier alpha value is -0.709. The number of nitrogens with one attached hydrogen (secondary N) is 1. The molecule has 1 aromatic rings. The van der Waals surface area contributed by atoms with E-state index < -0.39 is 24.8 Å². The molecule has 0 aliphatic rings. The van der Waals surface area contributed by atoms with Crippen LogP contribution in [0.15, 0.2) is 12.5 Å². The number of aromatic nitrogens is 2. The van der Waals surface area contributed by atoms with Crippen LogP contribution in [0.1, 0.15) is 68.0 Å². The third-order valence-corrected chi connectivity index (χ3v) is 22.7. The van der Waals surface area contributed by atoms with Crippen molar-refractivity contribution in [2.45, 2.75) is 129 Å². The number of carbonyl (C=O) groups excluding carboxylic acids is 1. The summed E-state index contributed by atoms with van der Waals surface area (Å²) in [4.78, 5) is 22.0. The molecule has 0 radical (unpaired) electrons. The zero-order valence-corrected chi connectivity index (χ0v) is 26.7. The second-order valence-electron chi connectivity index (χ2n) is 14.0. The van der Waals surface area contributed by atoms with Crippen LogP contribution in [0.25, 0.3) is 0 Å². The minimum absolute atomic E-state index is 0.0197. The highest BCUT2D eigenvalue weighted by Gasteiger charge is 2.44. The van der Waals surface area contributed by atoms with E-state index in [-0.39, 0.29) is 27.1 Å². The first kappa shape index (κ1) is 29.3. The van der Waals surface area contributed by atoms with Gasteiger partial charge in [0.15, 0.2) is 8.24 Å². The van der Waals surface area contributed by atoms with E-state index in [0.29, 0.717) is 6.42 Å². The number of nitrogens with zero attached hydrogens (tertiary/aromatic N) is 2. The van der Waals surface area contributed by atoms with Crippen molar-refractivity contribution in [1.29, 1.82) is 0 Å². The monoisotopic (exact) mass is 497 g/mol. The van der Waals surface area contributed by atoms with Crippen molar-refractivity contribution in [3.63, 3.8) is 0 Å². The van der Waals surface area contributed by atoms with Crippen LogP contribution < -0.4 is 4.98 Å². The first-order chi connectivity index (χ1) is 13.9. The molecular weight excluding hydrogens is 447 g/mol. The highest BCUT2D eigenvalue weighted by molar-refractivity contribution is 6.79. The maximum absolute atomic E-state index is 13.5. The van der Waals surface area contributed by atoms with Gasteiger partial charge in [0, 0.05) is 12.6 Å². The maximum Gasteiger partial charge on any atom is 0.309 e. The molecule has 1 rings (SSSR count). The summed E-state index contributed by atoms with van der Waals surface area (Å²) in [5.74, 6) is -0.122. The van der Waals surface area contributed by atoms with Gasteiger partial charge in [-0.1, -0.05) is 88.5 Å². The first-order valence-electron chi connectivity index (χ1n) is 12.0. The fourth-order valence-electron chi connectivity index (χ4n) is 2.69. The maximum atomic E-state index is 13.5. The standard InChI is InChI=1S/C24H51N3O2Si3/c1-22(2,3)30(10,11)26-20(21(28)29-32(14,15)24(7,8)9)16-19-17-27(18-25-19)31(12,13)23(4,5)6/h17-18,20,26H,16H2,1-15H3/t20-/m0/s1. The second kappa shape index (κ2) is 9.15. The molecule has 0 fully saturated rings. The topological polar surface area (TPSA) is 56.2 Å². The lowest BCUT2D eigenvalue weighted by atomic mass is 10.2. The van der Waals surface area contributed by atoms with Gasteiger partial charge in [-0.15, -0.1) is 0 Å². The van der Waals surface area contributed by atoms with Gasteiger partial charge in [0.05, 0.1) is 12.0 Å². The van der Waals surface area contributed by atoms with E-state index in [1.165, 1.54) is 0 Å². The van der Waals surface area contributed by atoms with Crippen LogP contribution in [-0.4, -0.2) is 46.0 Å². The molecule has 0 unspecified atom stereocenters. The zero-order valence-electron chi connectivity index (χ0n) is 23.7. The quantitative estimate of drug-likeness (QED) is 0.421. The Morgan fingerprint density at radius 2 is 1.44 bits per heavy atom. The molecule has 1 heterocycles. The lowest BCUT2D eigenvalue weighted by Gasteiger charge is -2.41. The molecule has 0 aliphatic heterocycles. The van der Waals surface area contributed by atoms with Crippen molar-refractivity contribution in [3.05, 3.63) is 18.2 Å². The molecule has 0 saturated heterocycles. The summed E-state index contributed by atoms with van der Waals surface area (Å²) < 4.78 is 8.58. The predicted molar refractivity (Wildman–Crippen MR) is 146 cm³/mol. The van der Waals surface area contributed by atoms with E-state index in [9.17, 15) is 4.79 Å². The van der Waals surface area contributed by atoms with Gasteiger partial charge in [0.1, 0.15) is 14.3 Å². The third kappa shape index (κ3) is 6.67. The van der Waals surface area contributed by atoms with Gasteiger partial charge in [0.25, 0.3) is 8.32 Å². The second-order valence-corrected chi connectivity index (χ2v) is 28.9. The van der Waals surface area contributed by atoms with Crippen LogP contribution in [0.3, 0.4) is 0 Å². The van der Waals surface area contributed by atoms with Crippen molar-refractivity contribution in [2.24, 2.45) is 0 Å². The molecule has 1 atom stereocenters. The van der Waals surface area contributed by atoms with Gasteiger partial charge in [0.2, 0.25) is 0 Å². The van der Waals surface area contributed by atoms with Crippen molar-refractivity contribution in [1.82, 2.24) is 14.2 Å². The smallest absolute Gasteiger partial charge is 0.309 e. The number of imidazole rings is 1. The van der Waals surface area contributed by atoms with Gasteiger partial charge >= 0.3 is 5.97 Å².